The lowest BCUT2D eigenvalue weighted by molar-refractivity contribution is -0.128. The summed E-state index contributed by atoms with van der Waals surface area (Å²) in [6.07, 6.45) is 12.1. The van der Waals surface area contributed by atoms with Gasteiger partial charge in [-0.3, -0.25) is 9.59 Å². The second kappa shape index (κ2) is 11.7. The molecule has 6 heteroatoms. The molecule has 174 valence electrons. The van der Waals surface area contributed by atoms with Crippen LogP contribution >= 0.6 is 24.2 Å². The van der Waals surface area contributed by atoms with Gasteiger partial charge in [-0.1, -0.05) is 64.5 Å². The van der Waals surface area contributed by atoms with Crippen LogP contribution in [0.4, 0.5) is 5.69 Å². The molecule has 1 amide bonds. The van der Waals surface area contributed by atoms with Gasteiger partial charge in [0.1, 0.15) is 0 Å². The van der Waals surface area contributed by atoms with E-state index < -0.39 is 5.54 Å². The number of hydrogen-bond acceptors (Lipinski definition) is 4. The highest BCUT2D eigenvalue weighted by molar-refractivity contribution is 8.14. The summed E-state index contributed by atoms with van der Waals surface area (Å²) in [6, 6.07) is 7.68. The Bertz CT molecular complexity index is 741. The highest BCUT2D eigenvalue weighted by Gasteiger charge is 2.40. The Morgan fingerprint density at radius 3 is 2.19 bits per heavy atom. The van der Waals surface area contributed by atoms with Crippen molar-refractivity contribution in [2.24, 2.45) is 17.1 Å². The first-order valence-electron chi connectivity index (χ1n) is 11.8. The quantitative estimate of drug-likeness (QED) is 0.437. The van der Waals surface area contributed by atoms with Crippen molar-refractivity contribution < 1.29 is 9.59 Å². The van der Waals surface area contributed by atoms with E-state index in [1.165, 1.54) is 18.2 Å². The van der Waals surface area contributed by atoms with Gasteiger partial charge in [-0.25, -0.2) is 0 Å². The fourth-order valence-electron chi connectivity index (χ4n) is 4.89. The van der Waals surface area contributed by atoms with Crippen LogP contribution in [0.2, 0.25) is 0 Å². The molecule has 2 aliphatic carbocycles. The third-order valence-electron chi connectivity index (χ3n) is 6.98. The van der Waals surface area contributed by atoms with Crippen molar-refractivity contribution in [3.05, 3.63) is 24.3 Å². The Kier molecular flexibility index (Phi) is 9.91. The molecule has 1 aromatic rings. The van der Waals surface area contributed by atoms with Crippen LogP contribution in [-0.2, 0) is 9.59 Å². The lowest BCUT2D eigenvalue weighted by Crippen LogP contribution is -2.48. The molecule has 0 unspecified atom stereocenters. The maximum atomic E-state index is 13.5. The summed E-state index contributed by atoms with van der Waals surface area (Å²) in [6.45, 7) is 4.44. The third kappa shape index (κ3) is 6.72. The molecule has 0 atom stereocenters. The lowest BCUT2D eigenvalue weighted by Gasteiger charge is -2.36. The van der Waals surface area contributed by atoms with Gasteiger partial charge in [0, 0.05) is 10.3 Å². The van der Waals surface area contributed by atoms with E-state index in [1.807, 2.05) is 24.3 Å². The molecule has 1 aromatic carbocycles. The van der Waals surface area contributed by atoms with E-state index >= 15 is 0 Å². The van der Waals surface area contributed by atoms with Crippen LogP contribution in [0, 0.1) is 11.3 Å². The number of rotatable bonds is 7. The Morgan fingerprint density at radius 2 is 1.58 bits per heavy atom. The van der Waals surface area contributed by atoms with Crippen LogP contribution in [-0.4, -0.2) is 16.6 Å². The number of nitrogens with one attached hydrogen (secondary N) is 1. The average molecular weight is 467 g/mol. The van der Waals surface area contributed by atoms with Crippen molar-refractivity contribution in [2.45, 2.75) is 101 Å². The Labute approximate surface area is 198 Å². The number of benzene rings is 1. The van der Waals surface area contributed by atoms with Crippen LogP contribution in [0.25, 0.3) is 0 Å². The molecule has 0 aromatic heterocycles. The molecule has 3 N–H and O–H groups in total. The summed E-state index contributed by atoms with van der Waals surface area (Å²) in [7, 11) is 0. The lowest BCUT2D eigenvalue weighted by atomic mass is 9.69. The van der Waals surface area contributed by atoms with Gasteiger partial charge in [0.2, 0.25) is 11.0 Å². The fraction of sp³-hybridized carbons (Fsp3) is 0.680. The van der Waals surface area contributed by atoms with E-state index in [1.54, 1.807) is 0 Å². The molecule has 2 fully saturated rings. The smallest absolute Gasteiger partial charge is 0.230 e. The van der Waals surface area contributed by atoms with Crippen molar-refractivity contribution >= 4 is 40.9 Å². The van der Waals surface area contributed by atoms with Gasteiger partial charge >= 0.3 is 0 Å². The molecule has 0 saturated heterocycles. The minimum atomic E-state index is -0.734. The zero-order valence-electron chi connectivity index (χ0n) is 19.1. The Hall–Kier alpha value is -1.04. The third-order valence-corrected chi connectivity index (χ3v) is 8.15. The van der Waals surface area contributed by atoms with Gasteiger partial charge in [-0.2, -0.15) is 0 Å². The number of halogens is 1. The SMILES string of the molecule is CC(C)CCC1(C(=O)Nc2ccccc2SC(=O)C2(N)CCCCC2)CCCCC1.Cl. The molecule has 2 aliphatic rings. The van der Waals surface area contributed by atoms with E-state index in [9.17, 15) is 9.59 Å². The topological polar surface area (TPSA) is 72.2 Å². The number of amides is 1. The van der Waals surface area contributed by atoms with Crippen molar-refractivity contribution in [3.63, 3.8) is 0 Å². The number of thioether (sulfide) groups is 1. The van der Waals surface area contributed by atoms with Crippen LogP contribution in [0.1, 0.15) is 90.9 Å². The zero-order valence-corrected chi connectivity index (χ0v) is 20.7. The number of nitrogens with two attached hydrogens (primary N) is 1. The number of para-hydroxylation sites is 1. The predicted molar refractivity (Wildman–Crippen MR) is 133 cm³/mol. The van der Waals surface area contributed by atoms with E-state index in [0.717, 1.165) is 81.2 Å². The van der Waals surface area contributed by atoms with Gasteiger partial charge in [0.25, 0.3) is 0 Å². The largest absolute Gasteiger partial charge is 0.325 e. The number of carbonyl (C=O) groups is 2. The minimum absolute atomic E-state index is 0. The van der Waals surface area contributed by atoms with E-state index in [4.69, 9.17) is 5.73 Å². The molecular weight excluding hydrogens is 428 g/mol. The minimum Gasteiger partial charge on any atom is -0.325 e. The van der Waals surface area contributed by atoms with Gasteiger partial charge < -0.3 is 11.1 Å². The maximum absolute atomic E-state index is 13.5. The molecule has 31 heavy (non-hydrogen) atoms. The van der Waals surface area contributed by atoms with Crippen molar-refractivity contribution in [2.75, 3.05) is 5.32 Å². The molecule has 4 nitrogen and oxygen atoms in total. The van der Waals surface area contributed by atoms with Crippen LogP contribution in [0.5, 0.6) is 0 Å². The summed E-state index contributed by atoms with van der Waals surface area (Å²) < 4.78 is 0. The highest BCUT2D eigenvalue weighted by Crippen LogP contribution is 2.43. The standard InChI is InChI=1S/C25H38N2O2S.ClH/c1-19(2)13-18-24(14-7-3-8-15-24)22(28)27-20-11-5-6-12-21(20)30-23(29)25(26)16-9-4-10-17-25;/h5-6,11-12,19H,3-4,7-10,13-18,26H2,1-2H3,(H,27,28);1H. The summed E-state index contributed by atoms with van der Waals surface area (Å²) in [5, 5.41) is 3.24. The average Bonchev–Trinajstić information content (AvgIpc) is 2.74. The van der Waals surface area contributed by atoms with Crippen molar-refractivity contribution in [3.8, 4) is 0 Å². The maximum Gasteiger partial charge on any atom is 0.230 e. The second-order valence-electron chi connectivity index (χ2n) is 9.83. The molecular formula is C25H39ClN2O2S. The molecule has 0 aliphatic heterocycles. The molecule has 0 bridgehead atoms. The van der Waals surface area contributed by atoms with Crippen LogP contribution in [0.3, 0.4) is 0 Å². The Balaban J connectivity index is 0.00000341. The van der Waals surface area contributed by atoms with Crippen molar-refractivity contribution in [1.29, 1.82) is 0 Å². The van der Waals surface area contributed by atoms with Crippen LogP contribution in [0.15, 0.2) is 29.2 Å². The number of anilines is 1. The molecule has 0 heterocycles. The fourth-order valence-corrected chi connectivity index (χ4v) is 5.87. The van der Waals surface area contributed by atoms with Gasteiger partial charge in [-0.05, 0) is 68.3 Å². The summed E-state index contributed by atoms with van der Waals surface area (Å²) in [4.78, 5) is 27.3. The summed E-state index contributed by atoms with van der Waals surface area (Å²) in [5.74, 6) is 0.719. The highest BCUT2D eigenvalue weighted by atomic mass is 35.5. The first kappa shape index (κ1) is 26.2. The monoisotopic (exact) mass is 466 g/mol. The molecule has 0 radical (unpaired) electrons. The van der Waals surface area contributed by atoms with E-state index in [-0.39, 0.29) is 28.8 Å². The molecule has 3 rings (SSSR count). The van der Waals surface area contributed by atoms with Crippen molar-refractivity contribution in [1.82, 2.24) is 0 Å². The number of carbonyl (C=O) groups excluding carboxylic acids is 2. The van der Waals surface area contributed by atoms with Gasteiger partial charge in [-0.15, -0.1) is 12.4 Å². The van der Waals surface area contributed by atoms with E-state index in [2.05, 4.69) is 19.2 Å². The summed E-state index contributed by atoms with van der Waals surface area (Å²) >= 11 is 1.20. The first-order chi connectivity index (χ1) is 14.3. The van der Waals surface area contributed by atoms with Crippen LogP contribution < -0.4 is 11.1 Å². The van der Waals surface area contributed by atoms with Gasteiger partial charge in [0.15, 0.2) is 0 Å². The normalized spacial score (nSPS) is 20.0. The zero-order chi connectivity index (χ0) is 21.6. The molecule has 2 saturated carbocycles. The summed E-state index contributed by atoms with van der Waals surface area (Å²) in [5.41, 5.74) is 6.19. The predicted octanol–water partition coefficient (Wildman–Crippen LogP) is 6.71. The van der Waals surface area contributed by atoms with E-state index in [0.29, 0.717) is 5.92 Å². The molecule has 0 spiro atoms. The second-order valence-corrected chi connectivity index (χ2v) is 10.8. The number of hydrogen-bond donors (Lipinski definition) is 2. The Morgan fingerprint density at radius 1 is 1.00 bits per heavy atom. The van der Waals surface area contributed by atoms with Gasteiger partial charge in [0.05, 0.1) is 11.2 Å². The first-order valence-corrected chi connectivity index (χ1v) is 12.6.